The van der Waals surface area contributed by atoms with E-state index in [4.69, 9.17) is 0 Å². The van der Waals surface area contributed by atoms with E-state index in [1.165, 1.54) is 19.3 Å². The summed E-state index contributed by atoms with van der Waals surface area (Å²) < 4.78 is 0. The van der Waals surface area contributed by atoms with Gasteiger partial charge in [0.1, 0.15) is 0 Å². The van der Waals surface area contributed by atoms with Gasteiger partial charge in [0.25, 0.3) is 0 Å². The minimum absolute atomic E-state index is 0.0719. The number of amides is 3. The van der Waals surface area contributed by atoms with Gasteiger partial charge in [0.15, 0.2) is 0 Å². The van der Waals surface area contributed by atoms with Gasteiger partial charge in [-0.1, -0.05) is 19.3 Å². The standard InChI is InChI=1S/C13H23N3O2/c1-10(17)16-8-7-12(9-16)15-13(18)14-11-5-3-2-4-6-11/h11-12H,2-9H2,1H3,(H2,14,15,18)/t12-/m1/s1. The molecule has 2 aliphatic rings. The van der Waals surface area contributed by atoms with Gasteiger partial charge in [-0.05, 0) is 19.3 Å². The molecule has 2 fully saturated rings. The Bertz CT molecular complexity index is 313. The van der Waals surface area contributed by atoms with Crippen LogP contribution in [0.2, 0.25) is 0 Å². The predicted octanol–water partition coefficient (Wildman–Crippen LogP) is 1.24. The molecule has 2 N–H and O–H groups in total. The maximum Gasteiger partial charge on any atom is 0.315 e. The molecule has 0 radical (unpaired) electrons. The van der Waals surface area contributed by atoms with Crippen LogP contribution in [-0.4, -0.2) is 42.0 Å². The zero-order chi connectivity index (χ0) is 13.0. The van der Waals surface area contributed by atoms with Gasteiger partial charge in [0.2, 0.25) is 5.91 Å². The second-order valence-electron chi connectivity index (χ2n) is 5.40. The quantitative estimate of drug-likeness (QED) is 0.778. The number of urea groups is 1. The second kappa shape index (κ2) is 6.07. The van der Waals surface area contributed by atoms with Crippen LogP contribution in [0.25, 0.3) is 0 Å². The summed E-state index contributed by atoms with van der Waals surface area (Å²) in [5.41, 5.74) is 0. The lowest BCUT2D eigenvalue weighted by atomic mass is 9.96. The molecule has 0 aromatic rings. The summed E-state index contributed by atoms with van der Waals surface area (Å²) in [4.78, 5) is 24.8. The Labute approximate surface area is 108 Å². The van der Waals surface area contributed by atoms with E-state index in [1.54, 1.807) is 11.8 Å². The third kappa shape index (κ3) is 3.62. The van der Waals surface area contributed by atoms with Gasteiger partial charge < -0.3 is 15.5 Å². The molecule has 1 heterocycles. The maximum absolute atomic E-state index is 11.8. The van der Waals surface area contributed by atoms with Crippen molar-refractivity contribution in [3.8, 4) is 0 Å². The fraction of sp³-hybridized carbons (Fsp3) is 0.846. The molecule has 0 aromatic carbocycles. The SMILES string of the molecule is CC(=O)N1CC[C@@H](NC(=O)NC2CCCCC2)C1. The van der Waals surface area contributed by atoms with Crippen molar-refractivity contribution in [2.24, 2.45) is 0 Å². The lowest BCUT2D eigenvalue weighted by Gasteiger charge is -2.24. The molecule has 0 bridgehead atoms. The number of likely N-dealkylation sites (tertiary alicyclic amines) is 1. The average Bonchev–Trinajstić information content (AvgIpc) is 2.78. The van der Waals surface area contributed by atoms with Crippen LogP contribution in [0.1, 0.15) is 45.4 Å². The smallest absolute Gasteiger partial charge is 0.315 e. The van der Waals surface area contributed by atoms with Gasteiger partial charge in [0.05, 0.1) is 0 Å². The Morgan fingerprint density at radius 2 is 1.67 bits per heavy atom. The molecule has 0 spiro atoms. The largest absolute Gasteiger partial charge is 0.341 e. The van der Waals surface area contributed by atoms with Crippen LogP contribution in [0, 0.1) is 0 Å². The number of carbonyl (C=O) groups is 2. The lowest BCUT2D eigenvalue weighted by Crippen LogP contribution is -2.47. The maximum atomic E-state index is 11.8. The van der Waals surface area contributed by atoms with E-state index in [9.17, 15) is 9.59 Å². The van der Waals surface area contributed by atoms with Crippen LogP contribution < -0.4 is 10.6 Å². The fourth-order valence-corrected chi connectivity index (χ4v) is 2.82. The monoisotopic (exact) mass is 253 g/mol. The van der Waals surface area contributed by atoms with E-state index in [0.29, 0.717) is 12.6 Å². The Morgan fingerprint density at radius 3 is 2.28 bits per heavy atom. The first-order chi connectivity index (χ1) is 8.65. The van der Waals surface area contributed by atoms with E-state index >= 15 is 0 Å². The molecule has 0 aromatic heterocycles. The molecule has 102 valence electrons. The molecule has 1 atom stereocenters. The summed E-state index contributed by atoms with van der Waals surface area (Å²) >= 11 is 0. The van der Waals surface area contributed by atoms with Gasteiger partial charge in [-0.25, -0.2) is 4.79 Å². The zero-order valence-electron chi connectivity index (χ0n) is 11.1. The van der Waals surface area contributed by atoms with Gasteiger partial charge in [-0.15, -0.1) is 0 Å². The molecule has 1 aliphatic heterocycles. The molecule has 3 amide bonds. The normalized spacial score (nSPS) is 24.9. The number of nitrogens with one attached hydrogen (secondary N) is 2. The molecule has 1 saturated carbocycles. The van der Waals surface area contributed by atoms with Crippen LogP contribution in [-0.2, 0) is 4.79 Å². The molecule has 1 saturated heterocycles. The summed E-state index contributed by atoms with van der Waals surface area (Å²) in [6.07, 6.45) is 6.77. The molecule has 1 aliphatic carbocycles. The number of hydrogen-bond acceptors (Lipinski definition) is 2. The second-order valence-corrected chi connectivity index (χ2v) is 5.40. The highest BCUT2D eigenvalue weighted by Crippen LogP contribution is 2.17. The number of nitrogens with zero attached hydrogens (tertiary/aromatic N) is 1. The molecule has 2 rings (SSSR count). The van der Waals surface area contributed by atoms with Crippen LogP contribution in [0.5, 0.6) is 0 Å². The van der Waals surface area contributed by atoms with E-state index in [1.807, 2.05) is 0 Å². The van der Waals surface area contributed by atoms with Crippen molar-refractivity contribution in [2.45, 2.75) is 57.5 Å². The molecule has 5 heteroatoms. The first-order valence-electron chi connectivity index (χ1n) is 6.97. The minimum Gasteiger partial charge on any atom is -0.341 e. The molecule has 5 nitrogen and oxygen atoms in total. The summed E-state index contributed by atoms with van der Waals surface area (Å²) in [7, 11) is 0. The molecular weight excluding hydrogens is 230 g/mol. The first-order valence-corrected chi connectivity index (χ1v) is 6.97. The molecule has 18 heavy (non-hydrogen) atoms. The molecular formula is C13H23N3O2. The van der Waals surface area contributed by atoms with Crippen molar-refractivity contribution in [3.05, 3.63) is 0 Å². The van der Waals surface area contributed by atoms with E-state index in [0.717, 1.165) is 25.8 Å². The summed E-state index contributed by atoms with van der Waals surface area (Å²) in [6.45, 7) is 2.97. The van der Waals surface area contributed by atoms with Crippen LogP contribution in [0.15, 0.2) is 0 Å². The predicted molar refractivity (Wildman–Crippen MR) is 69.2 cm³/mol. The number of hydrogen-bond donors (Lipinski definition) is 2. The zero-order valence-corrected chi connectivity index (χ0v) is 11.1. The van der Waals surface area contributed by atoms with Crippen molar-refractivity contribution >= 4 is 11.9 Å². The van der Waals surface area contributed by atoms with E-state index in [2.05, 4.69) is 10.6 Å². The van der Waals surface area contributed by atoms with E-state index < -0.39 is 0 Å². The van der Waals surface area contributed by atoms with E-state index in [-0.39, 0.29) is 18.0 Å². The highest BCUT2D eigenvalue weighted by Gasteiger charge is 2.26. The summed E-state index contributed by atoms with van der Waals surface area (Å²) in [6, 6.07) is 0.374. The van der Waals surface area contributed by atoms with Crippen molar-refractivity contribution in [1.82, 2.24) is 15.5 Å². The van der Waals surface area contributed by atoms with Crippen molar-refractivity contribution in [1.29, 1.82) is 0 Å². The topological polar surface area (TPSA) is 61.4 Å². The summed E-state index contributed by atoms with van der Waals surface area (Å²) in [5.74, 6) is 0.0898. The van der Waals surface area contributed by atoms with Crippen LogP contribution >= 0.6 is 0 Å². The Hall–Kier alpha value is -1.26. The van der Waals surface area contributed by atoms with Crippen molar-refractivity contribution in [2.75, 3.05) is 13.1 Å². The number of rotatable bonds is 2. The van der Waals surface area contributed by atoms with Gasteiger partial charge in [-0.2, -0.15) is 0 Å². The summed E-state index contributed by atoms with van der Waals surface area (Å²) in [5, 5.41) is 6.00. The third-order valence-electron chi connectivity index (χ3n) is 3.91. The van der Waals surface area contributed by atoms with Crippen LogP contribution in [0.3, 0.4) is 0 Å². The van der Waals surface area contributed by atoms with Crippen molar-refractivity contribution in [3.63, 3.8) is 0 Å². The van der Waals surface area contributed by atoms with Gasteiger partial charge in [-0.3, -0.25) is 4.79 Å². The average molecular weight is 253 g/mol. The minimum atomic E-state index is -0.0719. The Kier molecular flexibility index (Phi) is 4.44. The van der Waals surface area contributed by atoms with Gasteiger partial charge >= 0.3 is 6.03 Å². The number of carbonyl (C=O) groups excluding carboxylic acids is 2. The third-order valence-corrected chi connectivity index (χ3v) is 3.91. The lowest BCUT2D eigenvalue weighted by molar-refractivity contribution is -0.127. The molecule has 0 unspecified atom stereocenters. The van der Waals surface area contributed by atoms with Gasteiger partial charge in [0, 0.05) is 32.1 Å². The highest BCUT2D eigenvalue weighted by molar-refractivity contribution is 5.76. The Balaban J connectivity index is 1.69. The first kappa shape index (κ1) is 13.2. The van der Waals surface area contributed by atoms with Crippen LogP contribution in [0.4, 0.5) is 4.79 Å². The Morgan fingerprint density at radius 1 is 1.00 bits per heavy atom. The van der Waals surface area contributed by atoms with Crippen molar-refractivity contribution < 1.29 is 9.59 Å². The highest BCUT2D eigenvalue weighted by atomic mass is 16.2. The fourth-order valence-electron chi connectivity index (χ4n) is 2.82.